The molecule has 0 aromatic heterocycles. The van der Waals surface area contributed by atoms with Crippen LogP contribution < -0.4 is 9.47 Å². The van der Waals surface area contributed by atoms with Gasteiger partial charge in [-0.2, -0.15) is 0 Å². The molecule has 210 valence electrons. The van der Waals surface area contributed by atoms with E-state index in [9.17, 15) is 9.90 Å². The Kier molecular flexibility index (Phi) is 10.3. The summed E-state index contributed by atoms with van der Waals surface area (Å²) in [6.45, 7) is 12.2. The average Bonchev–Trinajstić information content (AvgIpc) is 2.93. The lowest BCUT2D eigenvalue weighted by atomic mass is 9.70. The average molecular weight is 533 g/mol. The maximum atomic E-state index is 13.1. The highest BCUT2D eigenvalue weighted by Gasteiger charge is 2.32. The summed E-state index contributed by atoms with van der Waals surface area (Å²) < 4.78 is 11.8. The molecule has 0 heterocycles. The van der Waals surface area contributed by atoms with Crippen molar-refractivity contribution >= 4 is 5.78 Å². The zero-order chi connectivity index (χ0) is 28.6. The number of rotatable bonds is 14. The molecule has 3 rings (SSSR count). The Morgan fingerprint density at radius 2 is 1.38 bits per heavy atom. The molecule has 0 spiro atoms. The Morgan fingerprint density at radius 3 is 1.87 bits per heavy atom. The fourth-order valence-corrected chi connectivity index (χ4v) is 5.23. The SMILES string of the molecule is CCC(CC)(c1ccc(OCC(=O)C(C)(C)Cc2ccccc2)c(C)c1)c1ccc(OC[C@@H](O)CO)c(C)c1. The molecule has 0 fully saturated rings. The summed E-state index contributed by atoms with van der Waals surface area (Å²) in [6, 6.07) is 22.6. The maximum absolute atomic E-state index is 13.1. The number of ether oxygens (including phenoxy) is 2. The number of aliphatic hydroxyl groups is 2. The Bertz CT molecular complexity index is 1230. The van der Waals surface area contributed by atoms with Gasteiger partial charge in [-0.05, 0) is 73.1 Å². The fourth-order valence-electron chi connectivity index (χ4n) is 5.23. The molecule has 2 N–H and O–H groups in total. The van der Waals surface area contributed by atoms with E-state index in [-0.39, 0.29) is 31.0 Å². The molecule has 5 heteroatoms. The van der Waals surface area contributed by atoms with Crippen molar-refractivity contribution in [2.24, 2.45) is 5.41 Å². The molecule has 3 aromatic carbocycles. The van der Waals surface area contributed by atoms with Crippen molar-refractivity contribution < 1.29 is 24.5 Å². The van der Waals surface area contributed by atoms with Gasteiger partial charge in [0.25, 0.3) is 0 Å². The molecule has 3 aromatic rings. The van der Waals surface area contributed by atoms with Crippen LogP contribution in [0.3, 0.4) is 0 Å². The molecule has 0 radical (unpaired) electrons. The topological polar surface area (TPSA) is 76.0 Å². The van der Waals surface area contributed by atoms with Crippen molar-refractivity contribution in [3.05, 3.63) is 94.5 Å². The number of hydrogen-bond acceptors (Lipinski definition) is 5. The molecule has 0 saturated carbocycles. The third kappa shape index (κ3) is 7.28. The van der Waals surface area contributed by atoms with Crippen LogP contribution in [0.2, 0.25) is 0 Å². The second-order valence-electron chi connectivity index (χ2n) is 11.2. The molecule has 0 amide bonds. The summed E-state index contributed by atoms with van der Waals surface area (Å²) in [4.78, 5) is 13.1. The van der Waals surface area contributed by atoms with Crippen LogP contribution in [-0.2, 0) is 16.6 Å². The summed E-state index contributed by atoms with van der Waals surface area (Å²) in [6.07, 6.45) is 1.61. The third-order valence-electron chi connectivity index (χ3n) is 7.91. The number of aryl methyl sites for hydroxylation is 2. The van der Waals surface area contributed by atoms with Gasteiger partial charge in [0.2, 0.25) is 0 Å². The van der Waals surface area contributed by atoms with Crippen molar-refractivity contribution in [2.75, 3.05) is 19.8 Å². The number of ketones is 1. The van der Waals surface area contributed by atoms with Crippen LogP contribution in [-0.4, -0.2) is 41.9 Å². The van der Waals surface area contributed by atoms with Gasteiger partial charge in [0.1, 0.15) is 30.8 Å². The molecule has 0 aliphatic carbocycles. The van der Waals surface area contributed by atoms with E-state index in [1.54, 1.807) is 0 Å². The van der Waals surface area contributed by atoms with E-state index in [0.29, 0.717) is 12.2 Å². The lowest BCUT2D eigenvalue weighted by Gasteiger charge is -2.34. The third-order valence-corrected chi connectivity index (χ3v) is 7.91. The fraction of sp³-hybridized carbons (Fsp3) is 0.441. The molecular weight excluding hydrogens is 488 g/mol. The standard InChI is InChI=1S/C34H44O5/c1-7-34(8-2,27-14-16-30(24(3)18-27)38-22-29(36)21-35)28-15-17-31(25(4)19-28)39-23-32(37)33(5,6)20-26-12-10-9-11-13-26/h9-19,29,35-36H,7-8,20-23H2,1-6H3/t29-/m0/s1. The first-order valence-corrected chi connectivity index (χ1v) is 13.9. The van der Waals surface area contributed by atoms with Crippen molar-refractivity contribution in [3.8, 4) is 11.5 Å². The van der Waals surface area contributed by atoms with Gasteiger partial charge in [-0.1, -0.05) is 82.3 Å². The first-order chi connectivity index (χ1) is 18.6. The Morgan fingerprint density at radius 1 is 0.846 bits per heavy atom. The van der Waals surface area contributed by atoms with Crippen molar-refractivity contribution in [1.82, 2.24) is 0 Å². The van der Waals surface area contributed by atoms with Gasteiger partial charge in [-0.3, -0.25) is 4.79 Å². The number of carbonyl (C=O) groups is 1. The summed E-state index contributed by atoms with van der Waals surface area (Å²) in [5.41, 5.74) is 4.83. The van der Waals surface area contributed by atoms with Gasteiger partial charge in [-0.25, -0.2) is 0 Å². The van der Waals surface area contributed by atoms with Crippen LogP contribution in [0.5, 0.6) is 11.5 Å². The summed E-state index contributed by atoms with van der Waals surface area (Å²) in [5, 5.41) is 18.7. The van der Waals surface area contributed by atoms with Crippen molar-refractivity contribution in [1.29, 1.82) is 0 Å². The van der Waals surface area contributed by atoms with Gasteiger partial charge in [0.05, 0.1) is 6.61 Å². The molecule has 5 nitrogen and oxygen atoms in total. The Hall–Kier alpha value is -3.15. The van der Waals surface area contributed by atoms with Gasteiger partial charge in [0.15, 0.2) is 5.78 Å². The second kappa shape index (κ2) is 13.3. The van der Waals surface area contributed by atoms with E-state index >= 15 is 0 Å². The van der Waals surface area contributed by atoms with Gasteiger partial charge in [-0.15, -0.1) is 0 Å². The van der Waals surface area contributed by atoms with E-state index in [4.69, 9.17) is 14.6 Å². The summed E-state index contributed by atoms with van der Waals surface area (Å²) >= 11 is 0. The van der Waals surface area contributed by atoms with E-state index < -0.39 is 11.5 Å². The van der Waals surface area contributed by atoms with Crippen molar-refractivity contribution in [3.63, 3.8) is 0 Å². The van der Waals surface area contributed by atoms with E-state index in [1.165, 1.54) is 11.1 Å². The van der Waals surface area contributed by atoms with E-state index in [0.717, 1.165) is 35.3 Å². The predicted octanol–water partition coefficient (Wildman–Crippen LogP) is 6.36. The zero-order valence-corrected chi connectivity index (χ0v) is 24.3. The van der Waals surface area contributed by atoms with Crippen LogP contribution >= 0.6 is 0 Å². The van der Waals surface area contributed by atoms with Gasteiger partial charge >= 0.3 is 0 Å². The number of carbonyl (C=O) groups excluding carboxylic acids is 1. The highest BCUT2D eigenvalue weighted by atomic mass is 16.5. The van der Waals surface area contributed by atoms with Crippen LogP contribution in [0.15, 0.2) is 66.7 Å². The zero-order valence-electron chi connectivity index (χ0n) is 24.3. The minimum atomic E-state index is -0.900. The van der Waals surface area contributed by atoms with Crippen molar-refractivity contribution in [2.45, 2.75) is 72.3 Å². The first kappa shape index (κ1) is 30.4. The molecule has 0 aliphatic rings. The van der Waals surface area contributed by atoms with Crippen LogP contribution in [0, 0.1) is 19.3 Å². The van der Waals surface area contributed by atoms with Crippen LogP contribution in [0.1, 0.15) is 68.4 Å². The maximum Gasteiger partial charge on any atom is 0.176 e. The molecule has 1 atom stereocenters. The molecule has 0 aliphatic heterocycles. The smallest absolute Gasteiger partial charge is 0.176 e. The largest absolute Gasteiger partial charge is 0.491 e. The summed E-state index contributed by atoms with van der Waals surface area (Å²) in [7, 11) is 0. The van der Waals surface area contributed by atoms with Gasteiger partial charge < -0.3 is 19.7 Å². The van der Waals surface area contributed by atoms with E-state index in [1.807, 2.05) is 58.0 Å². The minimum absolute atomic E-state index is 0.0400. The lowest BCUT2D eigenvalue weighted by molar-refractivity contribution is -0.129. The Balaban J connectivity index is 1.77. The highest BCUT2D eigenvalue weighted by molar-refractivity contribution is 5.85. The molecule has 0 bridgehead atoms. The number of aliphatic hydroxyl groups excluding tert-OH is 2. The molecule has 0 saturated heterocycles. The normalized spacial score (nSPS) is 12.7. The molecule has 0 unspecified atom stereocenters. The lowest BCUT2D eigenvalue weighted by Crippen LogP contribution is -2.31. The number of benzene rings is 3. The number of hydrogen-bond donors (Lipinski definition) is 2. The summed E-state index contributed by atoms with van der Waals surface area (Å²) in [5.74, 6) is 1.51. The predicted molar refractivity (Wildman–Crippen MR) is 157 cm³/mol. The van der Waals surface area contributed by atoms with Gasteiger partial charge in [0, 0.05) is 10.8 Å². The molecule has 39 heavy (non-hydrogen) atoms. The quantitative estimate of drug-likeness (QED) is 0.253. The Labute approximate surface area is 233 Å². The highest BCUT2D eigenvalue weighted by Crippen LogP contribution is 2.41. The van der Waals surface area contributed by atoms with E-state index in [2.05, 4.69) is 50.2 Å². The number of Topliss-reactive ketones (excluding diaryl/α,β-unsaturated/α-hetero) is 1. The van der Waals surface area contributed by atoms with Crippen LogP contribution in [0.25, 0.3) is 0 Å². The monoisotopic (exact) mass is 532 g/mol. The van der Waals surface area contributed by atoms with Crippen LogP contribution in [0.4, 0.5) is 0 Å². The first-order valence-electron chi connectivity index (χ1n) is 13.9. The second-order valence-corrected chi connectivity index (χ2v) is 11.2. The molecular formula is C34H44O5. The minimum Gasteiger partial charge on any atom is -0.491 e.